The fraction of sp³-hybridized carbons (Fsp3) is 0.217. The highest BCUT2D eigenvalue weighted by atomic mass is 35.5. The van der Waals surface area contributed by atoms with Gasteiger partial charge < -0.3 is 10.5 Å². The minimum Gasteiger partial charge on any atom is -0.489 e. The number of aromatic nitrogens is 1. The fourth-order valence-corrected chi connectivity index (χ4v) is 3.34. The number of rotatable bonds is 9. The van der Waals surface area contributed by atoms with E-state index in [1.807, 2.05) is 59.5 Å². The molecule has 0 aliphatic heterocycles. The lowest BCUT2D eigenvalue weighted by atomic mass is 10.1. The third kappa shape index (κ3) is 6.04. The summed E-state index contributed by atoms with van der Waals surface area (Å²) >= 11 is 6.24. The van der Waals surface area contributed by atoms with Crippen LogP contribution in [-0.4, -0.2) is 22.3 Å². The van der Waals surface area contributed by atoms with Gasteiger partial charge in [-0.3, -0.25) is 14.7 Å². The highest BCUT2D eigenvalue weighted by Gasteiger charge is 2.20. The molecule has 2 N–H and O–H groups in total. The summed E-state index contributed by atoms with van der Waals surface area (Å²) in [7, 11) is 0. The van der Waals surface area contributed by atoms with Gasteiger partial charge in [0.1, 0.15) is 12.4 Å². The van der Waals surface area contributed by atoms with Crippen molar-refractivity contribution in [2.45, 2.75) is 26.1 Å². The number of nitrogens with zero attached hydrogens (tertiary/aromatic N) is 2. The summed E-state index contributed by atoms with van der Waals surface area (Å²) in [5.41, 5.74) is 8.49. The van der Waals surface area contributed by atoms with Gasteiger partial charge in [0.2, 0.25) is 5.91 Å². The Morgan fingerprint density at radius 2 is 1.97 bits per heavy atom. The van der Waals surface area contributed by atoms with Crippen LogP contribution in [0.5, 0.6) is 5.75 Å². The lowest BCUT2D eigenvalue weighted by Gasteiger charge is -2.29. The zero-order valence-electron chi connectivity index (χ0n) is 16.3. The molecular weight excluding hydrogens is 386 g/mol. The Hall–Kier alpha value is -2.89. The number of primary amides is 1. The number of pyridine rings is 1. The number of benzene rings is 2. The van der Waals surface area contributed by atoms with Crippen molar-refractivity contribution in [1.29, 1.82) is 0 Å². The molecule has 0 aliphatic rings. The first-order valence-electron chi connectivity index (χ1n) is 9.40. The third-order valence-corrected chi connectivity index (χ3v) is 4.94. The van der Waals surface area contributed by atoms with Crippen molar-refractivity contribution in [3.8, 4) is 5.75 Å². The number of halogens is 1. The summed E-state index contributed by atoms with van der Waals surface area (Å²) in [6.45, 7) is 3.05. The first kappa shape index (κ1) is 20.8. The number of hydrogen-bond acceptors (Lipinski definition) is 4. The monoisotopic (exact) mass is 409 g/mol. The van der Waals surface area contributed by atoms with Crippen LogP contribution in [0.3, 0.4) is 0 Å². The van der Waals surface area contributed by atoms with E-state index in [0.717, 1.165) is 16.7 Å². The van der Waals surface area contributed by atoms with Gasteiger partial charge in [0, 0.05) is 41.1 Å². The average Bonchev–Trinajstić information content (AvgIpc) is 2.73. The van der Waals surface area contributed by atoms with Gasteiger partial charge in [-0.25, -0.2) is 0 Å². The van der Waals surface area contributed by atoms with E-state index in [0.29, 0.717) is 23.9 Å². The molecule has 5 nitrogen and oxygen atoms in total. The summed E-state index contributed by atoms with van der Waals surface area (Å²) < 4.78 is 6.03. The van der Waals surface area contributed by atoms with Gasteiger partial charge in [0.25, 0.3) is 0 Å². The van der Waals surface area contributed by atoms with Gasteiger partial charge in [-0.15, -0.1) is 0 Å². The zero-order chi connectivity index (χ0) is 20.6. The van der Waals surface area contributed by atoms with E-state index in [1.165, 1.54) is 0 Å². The van der Waals surface area contributed by atoms with Gasteiger partial charge in [-0.2, -0.15) is 0 Å². The Kier molecular flexibility index (Phi) is 7.22. The average molecular weight is 410 g/mol. The molecule has 150 valence electrons. The van der Waals surface area contributed by atoms with Crippen LogP contribution in [0.2, 0.25) is 5.02 Å². The Morgan fingerprint density at radius 3 is 2.66 bits per heavy atom. The predicted molar refractivity (Wildman–Crippen MR) is 114 cm³/mol. The summed E-state index contributed by atoms with van der Waals surface area (Å²) in [4.78, 5) is 17.8. The van der Waals surface area contributed by atoms with E-state index >= 15 is 0 Å². The predicted octanol–water partition coefficient (Wildman–Crippen LogP) is 4.36. The molecule has 2 aromatic carbocycles. The fourth-order valence-electron chi connectivity index (χ4n) is 3.15. The van der Waals surface area contributed by atoms with Crippen molar-refractivity contribution in [1.82, 2.24) is 9.88 Å². The lowest BCUT2D eigenvalue weighted by Crippen LogP contribution is -2.35. The van der Waals surface area contributed by atoms with Crippen LogP contribution in [0, 0.1) is 0 Å². The molecule has 0 saturated carbocycles. The topological polar surface area (TPSA) is 68.5 Å². The van der Waals surface area contributed by atoms with Crippen LogP contribution < -0.4 is 10.5 Å². The molecule has 0 saturated heterocycles. The molecule has 0 radical (unpaired) electrons. The molecule has 0 bridgehead atoms. The Labute approximate surface area is 176 Å². The lowest BCUT2D eigenvalue weighted by molar-refractivity contribution is -0.119. The second-order valence-corrected chi connectivity index (χ2v) is 7.30. The van der Waals surface area contributed by atoms with E-state index in [9.17, 15) is 4.79 Å². The summed E-state index contributed by atoms with van der Waals surface area (Å²) in [6.07, 6.45) is 3.50. The van der Waals surface area contributed by atoms with Gasteiger partial charge in [0.05, 0.1) is 6.54 Å². The highest BCUT2D eigenvalue weighted by Crippen LogP contribution is 2.29. The van der Waals surface area contributed by atoms with E-state index < -0.39 is 0 Å². The Balaban J connectivity index is 1.82. The number of hydrogen-bond donors (Lipinski definition) is 1. The molecule has 1 aromatic heterocycles. The zero-order valence-corrected chi connectivity index (χ0v) is 17.0. The smallest absolute Gasteiger partial charge is 0.231 e. The maximum absolute atomic E-state index is 11.7. The molecule has 0 unspecified atom stereocenters. The molecule has 3 aromatic rings. The normalized spacial score (nSPS) is 12.0. The van der Waals surface area contributed by atoms with E-state index in [-0.39, 0.29) is 18.5 Å². The Bertz CT molecular complexity index is 935. The van der Waals surface area contributed by atoms with Crippen LogP contribution in [0.4, 0.5) is 0 Å². The second-order valence-electron chi connectivity index (χ2n) is 6.86. The largest absolute Gasteiger partial charge is 0.489 e. The Morgan fingerprint density at radius 1 is 1.17 bits per heavy atom. The quantitative estimate of drug-likeness (QED) is 0.570. The van der Waals surface area contributed by atoms with Crippen LogP contribution >= 0.6 is 11.6 Å². The van der Waals surface area contributed by atoms with E-state index in [1.54, 1.807) is 18.5 Å². The van der Waals surface area contributed by atoms with Crippen LogP contribution in [0.25, 0.3) is 0 Å². The molecule has 1 heterocycles. The summed E-state index contributed by atoms with van der Waals surface area (Å²) in [6, 6.07) is 19.3. The first-order chi connectivity index (χ1) is 14.0. The molecule has 3 rings (SSSR count). The number of carbonyl (C=O) groups is 1. The third-order valence-electron chi connectivity index (χ3n) is 4.70. The number of amides is 1. The molecule has 0 aliphatic carbocycles. The summed E-state index contributed by atoms with van der Waals surface area (Å²) in [5, 5.41) is 0.611. The van der Waals surface area contributed by atoms with Crippen LogP contribution in [0.1, 0.15) is 29.7 Å². The highest BCUT2D eigenvalue weighted by molar-refractivity contribution is 6.30. The van der Waals surface area contributed by atoms with E-state index in [2.05, 4.69) is 11.9 Å². The van der Waals surface area contributed by atoms with Gasteiger partial charge >= 0.3 is 0 Å². The van der Waals surface area contributed by atoms with E-state index in [4.69, 9.17) is 22.1 Å². The molecular formula is C23H24ClN3O2. The number of nitrogens with two attached hydrogens (primary N) is 1. The van der Waals surface area contributed by atoms with Crippen molar-refractivity contribution in [2.24, 2.45) is 5.73 Å². The van der Waals surface area contributed by atoms with Crippen molar-refractivity contribution in [2.75, 3.05) is 6.54 Å². The minimum atomic E-state index is -0.382. The summed E-state index contributed by atoms with van der Waals surface area (Å²) in [5.74, 6) is 0.334. The van der Waals surface area contributed by atoms with Gasteiger partial charge in [0.15, 0.2) is 0 Å². The number of carbonyl (C=O) groups excluding carboxylic acids is 1. The van der Waals surface area contributed by atoms with Crippen molar-refractivity contribution in [3.63, 3.8) is 0 Å². The SMILES string of the molecule is C[C@H](c1ccccc1)N(CC(N)=O)Cc1cc(Cl)ccc1OCc1cccnc1. The van der Waals surface area contributed by atoms with Crippen LogP contribution in [-0.2, 0) is 17.9 Å². The molecule has 1 amide bonds. The molecule has 29 heavy (non-hydrogen) atoms. The van der Waals surface area contributed by atoms with Crippen molar-refractivity contribution < 1.29 is 9.53 Å². The standard InChI is InChI=1S/C23H24ClN3O2/c1-17(19-7-3-2-4-8-19)27(15-23(25)28)14-20-12-21(24)9-10-22(20)29-16-18-6-5-11-26-13-18/h2-13,17H,14-16H2,1H3,(H2,25,28)/t17-/m1/s1. The molecule has 0 fully saturated rings. The molecule has 1 atom stereocenters. The molecule has 6 heteroatoms. The van der Waals surface area contributed by atoms with Crippen molar-refractivity contribution in [3.05, 3.63) is 94.8 Å². The van der Waals surface area contributed by atoms with Crippen LogP contribution in [0.15, 0.2) is 73.1 Å². The maximum atomic E-state index is 11.7. The maximum Gasteiger partial charge on any atom is 0.231 e. The van der Waals surface area contributed by atoms with Gasteiger partial charge in [-0.1, -0.05) is 48.0 Å². The van der Waals surface area contributed by atoms with Gasteiger partial charge in [-0.05, 0) is 36.8 Å². The van der Waals surface area contributed by atoms with Crippen molar-refractivity contribution >= 4 is 17.5 Å². The minimum absolute atomic E-state index is 0.00569. The molecule has 0 spiro atoms. The first-order valence-corrected chi connectivity index (χ1v) is 9.78. The number of ether oxygens (including phenoxy) is 1. The second kappa shape index (κ2) is 10.0.